The number of carboxylic acids is 1. The average Bonchev–Trinajstić information content (AvgIpc) is 2.64. The molecule has 7 heteroatoms. The lowest BCUT2D eigenvalue weighted by Crippen LogP contribution is -2.34. The standard InChI is InChI=1S/C13H17NO6/c1-2-3-9-8-10(15)14(13(9)19)6-7-20-12(18)5-4-11(16)17/h8H,2-7H2,1H3,(H,16,17)/p-1. The van der Waals surface area contributed by atoms with Gasteiger partial charge in [0, 0.05) is 17.6 Å². The van der Waals surface area contributed by atoms with Crippen molar-refractivity contribution >= 4 is 23.8 Å². The number of carbonyl (C=O) groups is 4. The maximum Gasteiger partial charge on any atom is 0.306 e. The fraction of sp³-hybridized carbons (Fsp3) is 0.538. The molecule has 7 nitrogen and oxygen atoms in total. The summed E-state index contributed by atoms with van der Waals surface area (Å²) in [5, 5.41) is 10.1. The average molecular weight is 282 g/mol. The van der Waals surface area contributed by atoms with Gasteiger partial charge in [0.25, 0.3) is 11.8 Å². The molecule has 0 atom stereocenters. The minimum Gasteiger partial charge on any atom is -0.550 e. The molecule has 0 aromatic carbocycles. The molecule has 1 aliphatic heterocycles. The van der Waals surface area contributed by atoms with Crippen LogP contribution in [0.4, 0.5) is 0 Å². The summed E-state index contributed by atoms with van der Waals surface area (Å²) in [6, 6.07) is 0. The summed E-state index contributed by atoms with van der Waals surface area (Å²) in [7, 11) is 0. The number of carbonyl (C=O) groups excluding carboxylic acids is 4. The summed E-state index contributed by atoms with van der Waals surface area (Å²) < 4.78 is 4.75. The maximum absolute atomic E-state index is 11.8. The monoisotopic (exact) mass is 282 g/mol. The Bertz CT molecular complexity index is 454. The molecule has 0 N–H and O–H groups in total. The van der Waals surface area contributed by atoms with Crippen LogP contribution in [0.15, 0.2) is 11.6 Å². The smallest absolute Gasteiger partial charge is 0.306 e. The number of carboxylic acid groups (broad SMARTS) is 1. The highest BCUT2D eigenvalue weighted by Gasteiger charge is 2.29. The first-order valence-electron chi connectivity index (χ1n) is 6.37. The number of hydrogen-bond acceptors (Lipinski definition) is 6. The van der Waals surface area contributed by atoms with E-state index in [0.29, 0.717) is 12.0 Å². The molecule has 0 aromatic heterocycles. The minimum atomic E-state index is -1.33. The van der Waals surface area contributed by atoms with Crippen molar-refractivity contribution < 1.29 is 29.0 Å². The summed E-state index contributed by atoms with van der Waals surface area (Å²) in [5.74, 6) is -2.80. The highest BCUT2D eigenvalue weighted by atomic mass is 16.5. The second-order valence-corrected chi connectivity index (χ2v) is 4.31. The third-order valence-electron chi connectivity index (χ3n) is 2.71. The molecule has 0 saturated heterocycles. The first-order valence-corrected chi connectivity index (χ1v) is 6.37. The van der Waals surface area contributed by atoms with Crippen LogP contribution in [0.5, 0.6) is 0 Å². The van der Waals surface area contributed by atoms with Crippen LogP contribution in [-0.4, -0.2) is 41.8 Å². The van der Waals surface area contributed by atoms with Crippen molar-refractivity contribution in [1.82, 2.24) is 4.90 Å². The maximum atomic E-state index is 11.8. The van der Waals surface area contributed by atoms with Crippen LogP contribution < -0.4 is 5.11 Å². The van der Waals surface area contributed by atoms with Crippen molar-refractivity contribution in [3.8, 4) is 0 Å². The topological polar surface area (TPSA) is 104 Å². The van der Waals surface area contributed by atoms with Gasteiger partial charge in [0.1, 0.15) is 6.61 Å². The van der Waals surface area contributed by atoms with Crippen LogP contribution in [-0.2, 0) is 23.9 Å². The van der Waals surface area contributed by atoms with Crippen molar-refractivity contribution in [2.45, 2.75) is 32.6 Å². The molecule has 0 bridgehead atoms. The molecule has 0 radical (unpaired) electrons. The van der Waals surface area contributed by atoms with Crippen LogP contribution in [0.3, 0.4) is 0 Å². The van der Waals surface area contributed by atoms with E-state index in [1.165, 1.54) is 6.08 Å². The Labute approximate surface area is 116 Å². The van der Waals surface area contributed by atoms with Crippen molar-refractivity contribution in [2.75, 3.05) is 13.2 Å². The lowest BCUT2D eigenvalue weighted by atomic mass is 10.1. The first-order chi connectivity index (χ1) is 9.45. The third kappa shape index (κ3) is 4.49. The van der Waals surface area contributed by atoms with Gasteiger partial charge in [0.15, 0.2) is 0 Å². The van der Waals surface area contributed by atoms with Crippen LogP contribution in [0.2, 0.25) is 0 Å². The molecule has 1 rings (SSSR count). The van der Waals surface area contributed by atoms with Gasteiger partial charge in [-0.3, -0.25) is 19.3 Å². The lowest BCUT2D eigenvalue weighted by Gasteiger charge is -2.14. The lowest BCUT2D eigenvalue weighted by molar-refractivity contribution is -0.305. The van der Waals surface area contributed by atoms with Crippen molar-refractivity contribution in [2.24, 2.45) is 0 Å². The van der Waals surface area contributed by atoms with Gasteiger partial charge in [-0.25, -0.2) is 0 Å². The summed E-state index contributed by atoms with van der Waals surface area (Å²) >= 11 is 0. The van der Waals surface area contributed by atoms with Crippen molar-refractivity contribution in [1.29, 1.82) is 0 Å². The van der Waals surface area contributed by atoms with E-state index in [2.05, 4.69) is 0 Å². The number of ether oxygens (including phenoxy) is 1. The number of esters is 1. The normalized spacial score (nSPS) is 14.4. The molecular formula is C13H16NO6-. The predicted molar refractivity (Wildman–Crippen MR) is 64.9 cm³/mol. The van der Waals surface area contributed by atoms with E-state index in [1.807, 2.05) is 6.92 Å². The third-order valence-corrected chi connectivity index (χ3v) is 2.71. The summed E-state index contributed by atoms with van der Waals surface area (Å²) in [6.07, 6.45) is 1.89. The molecule has 1 heterocycles. The Morgan fingerprint density at radius 1 is 1.30 bits per heavy atom. The van der Waals surface area contributed by atoms with Gasteiger partial charge >= 0.3 is 5.97 Å². The van der Waals surface area contributed by atoms with Crippen molar-refractivity contribution in [3.05, 3.63) is 11.6 Å². The fourth-order valence-electron chi connectivity index (χ4n) is 1.75. The Kier molecular flexibility index (Phi) is 5.89. The number of imide groups is 1. The zero-order valence-corrected chi connectivity index (χ0v) is 11.2. The van der Waals surface area contributed by atoms with E-state index < -0.39 is 24.3 Å². The number of nitrogens with zero attached hydrogens (tertiary/aromatic N) is 1. The number of amides is 2. The molecule has 0 aliphatic carbocycles. The van der Waals surface area contributed by atoms with E-state index in [4.69, 9.17) is 4.74 Å². The molecule has 2 amide bonds. The van der Waals surface area contributed by atoms with Gasteiger partial charge in [0.2, 0.25) is 0 Å². The molecule has 1 aliphatic rings. The van der Waals surface area contributed by atoms with E-state index in [-0.39, 0.29) is 25.5 Å². The number of hydrogen-bond donors (Lipinski definition) is 0. The first kappa shape index (κ1) is 15.9. The van der Waals surface area contributed by atoms with E-state index in [1.54, 1.807) is 0 Å². The fourth-order valence-corrected chi connectivity index (χ4v) is 1.75. The largest absolute Gasteiger partial charge is 0.550 e. The van der Waals surface area contributed by atoms with Gasteiger partial charge in [-0.1, -0.05) is 13.3 Å². The summed E-state index contributed by atoms with van der Waals surface area (Å²) in [5.41, 5.74) is 0.459. The summed E-state index contributed by atoms with van der Waals surface area (Å²) in [6.45, 7) is 1.73. The van der Waals surface area contributed by atoms with Gasteiger partial charge in [-0.2, -0.15) is 0 Å². The zero-order valence-electron chi connectivity index (χ0n) is 11.2. The van der Waals surface area contributed by atoms with Crippen molar-refractivity contribution in [3.63, 3.8) is 0 Å². The Balaban J connectivity index is 2.33. The zero-order chi connectivity index (χ0) is 15.1. The Hall–Kier alpha value is -2.18. The van der Waals surface area contributed by atoms with Gasteiger partial charge in [-0.05, 0) is 12.8 Å². The second-order valence-electron chi connectivity index (χ2n) is 4.31. The van der Waals surface area contributed by atoms with E-state index in [0.717, 1.165) is 11.3 Å². The van der Waals surface area contributed by atoms with Crippen LogP contribution in [0.1, 0.15) is 32.6 Å². The molecule has 20 heavy (non-hydrogen) atoms. The Morgan fingerprint density at radius 3 is 2.60 bits per heavy atom. The number of aliphatic carboxylic acids is 1. The molecular weight excluding hydrogens is 266 g/mol. The van der Waals surface area contributed by atoms with E-state index >= 15 is 0 Å². The van der Waals surface area contributed by atoms with Gasteiger partial charge in [-0.15, -0.1) is 0 Å². The molecule has 0 aromatic rings. The predicted octanol–water partition coefficient (Wildman–Crippen LogP) is -0.845. The van der Waals surface area contributed by atoms with Gasteiger partial charge in [0.05, 0.1) is 13.0 Å². The van der Waals surface area contributed by atoms with Crippen LogP contribution in [0, 0.1) is 0 Å². The number of rotatable bonds is 8. The van der Waals surface area contributed by atoms with Crippen LogP contribution in [0.25, 0.3) is 0 Å². The molecule has 0 unspecified atom stereocenters. The van der Waals surface area contributed by atoms with Gasteiger partial charge < -0.3 is 14.6 Å². The van der Waals surface area contributed by atoms with Crippen LogP contribution >= 0.6 is 0 Å². The molecule has 0 saturated carbocycles. The second kappa shape index (κ2) is 7.42. The SMILES string of the molecule is CCCC1=CC(=O)N(CCOC(=O)CCC(=O)[O-])C1=O. The Morgan fingerprint density at radius 2 is 2.00 bits per heavy atom. The molecule has 0 spiro atoms. The molecule has 0 fully saturated rings. The molecule has 110 valence electrons. The highest BCUT2D eigenvalue weighted by Crippen LogP contribution is 2.16. The van der Waals surface area contributed by atoms with E-state index in [9.17, 15) is 24.3 Å². The quantitative estimate of drug-likeness (QED) is 0.424. The minimum absolute atomic E-state index is 0.0293. The highest BCUT2D eigenvalue weighted by molar-refractivity contribution is 6.16. The summed E-state index contributed by atoms with van der Waals surface area (Å²) in [4.78, 5) is 45.7.